The third-order valence-corrected chi connectivity index (χ3v) is 3.96. The Bertz CT molecular complexity index is 847. The van der Waals surface area contributed by atoms with Crippen molar-refractivity contribution in [3.05, 3.63) is 71.5 Å². The Kier molecular flexibility index (Phi) is 5.14. The van der Waals surface area contributed by atoms with E-state index in [4.69, 9.17) is 4.74 Å². The third kappa shape index (κ3) is 4.47. The highest BCUT2D eigenvalue weighted by Gasteiger charge is 2.03. The molecule has 0 spiro atoms. The molecule has 0 bridgehead atoms. The van der Waals surface area contributed by atoms with Gasteiger partial charge in [-0.25, -0.2) is 9.97 Å². The molecule has 25 heavy (non-hydrogen) atoms. The van der Waals surface area contributed by atoms with Gasteiger partial charge in [0.05, 0.1) is 7.11 Å². The van der Waals surface area contributed by atoms with Crippen molar-refractivity contribution in [3.8, 4) is 5.75 Å². The lowest BCUT2D eigenvalue weighted by molar-refractivity contribution is 0.414. The first-order chi connectivity index (χ1) is 12.1. The van der Waals surface area contributed by atoms with E-state index in [9.17, 15) is 0 Å². The Labute approximate surface area is 148 Å². The van der Waals surface area contributed by atoms with Crippen LogP contribution in [0, 0.1) is 13.8 Å². The van der Waals surface area contributed by atoms with E-state index >= 15 is 0 Å². The number of ether oxygens (including phenoxy) is 1. The Morgan fingerprint density at radius 1 is 0.920 bits per heavy atom. The second-order valence-electron chi connectivity index (χ2n) is 5.93. The zero-order valence-corrected chi connectivity index (χ0v) is 14.7. The summed E-state index contributed by atoms with van der Waals surface area (Å²) in [4.78, 5) is 8.59. The van der Waals surface area contributed by atoms with Crippen LogP contribution in [-0.2, 0) is 6.54 Å². The molecule has 3 rings (SSSR count). The normalized spacial score (nSPS) is 10.4. The summed E-state index contributed by atoms with van der Waals surface area (Å²) in [6, 6.07) is 16.2. The molecule has 3 aromatic rings. The molecular formula is C20H22N4O. The van der Waals surface area contributed by atoms with E-state index in [0.29, 0.717) is 6.54 Å². The lowest BCUT2D eigenvalue weighted by atomic mass is 10.1. The molecular weight excluding hydrogens is 312 g/mol. The molecule has 0 amide bonds. The summed E-state index contributed by atoms with van der Waals surface area (Å²) in [5.74, 6) is 2.39. The fourth-order valence-corrected chi connectivity index (χ4v) is 2.47. The minimum absolute atomic E-state index is 0.684. The maximum Gasteiger partial charge on any atom is 0.135 e. The first-order valence-electron chi connectivity index (χ1n) is 8.17. The molecule has 0 unspecified atom stereocenters. The number of aryl methyl sites for hydroxylation is 2. The molecule has 0 saturated carbocycles. The van der Waals surface area contributed by atoms with Crippen LogP contribution in [0.25, 0.3) is 0 Å². The summed E-state index contributed by atoms with van der Waals surface area (Å²) in [6.45, 7) is 4.84. The highest BCUT2D eigenvalue weighted by atomic mass is 16.5. The Balaban J connectivity index is 1.67. The summed E-state index contributed by atoms with van der Waals surface area (Å²) >= 11 is 0. The average Bonchev–Trinajstić information content (AvgIpc) is 2.64. The third-order valence-electron chi connectivity index (χ3n) is 3.96. The maximum absolute atomic E-state index is 5.17. The van der Waals surface area contributed by atoms with Crippen molar-refractivity contribution in [2.75, 3.05) is 17.7 Å². The highest BCUT2D eigenvalue weighted by Crippen LogP contribution is 2.21. The molecule has 5 nitrogen and oxygen atoms in total. The van der Waals surface area contributed by atoms with Gasteiger partial charge in [0, 0.05) is 18.3 Å². The van der Waals surface area contributed by atoms with Crippen molar-refractivity contribution < 1.29 is 4.74 Å². The number of hydrogen-bond donors (Lipinski definition) is 2. The van der Waals surface area contributed by atoms with Crippen LogP contribution < -0.4 is 15.4 Å². The molecule has 2 aromatic carbocycles. The Morgan fingerprint density at radius 3 is 2.44 bits per heavy atom. The van der Waals surface area contributed by atoms with Crippen molar-refractivity contribution in [2.45, 2.75) is 20.4 Å². The predicted molar refractivity (Wildman–Crippen MR) is 102 cm³/mol. The van der Waals surface area contributed by atoms with Gasteiger partial charge in [-0.15, -0.1) is 0 Å². The van der Waals surface area contributed by atoms with Crippen molar-refractivity contribution >= 4 is 17.3 Å². The van der Waals surface area contributed by atoms with E-state index in [1.807, 2.05) is 30.3 Å². The molecule has 128 valence electrons. The molecule has 2 N–H and O–H groups in total. The van der Waals surface area contributed by atoms with Crippen molar-refractivity contribution in [2.24, 2.45) is 0 Å². The molecule has 5 heteroatoms. The average molecular weight is 334 g/mol. The summed E-state index contributed by atoms with van der Waals surface area (Å²) in [6.07, 6.45) is 1.56. The summed E-state index contributed by atoms with van der Waals surface area (Å²) in [5.41, 5.74) is 4.60. The molecule has 0 fully saturated rings. The van der Waals surface area contributed by atoms with Gasteiger partial charge in [0.25, 0.3) is 0 Å². The van der Waals surface area contributed by atoms with Gasteiger partial charge in [-0.2, -0.15) is 0 Å². The van der Waals surface area contributed by atoms with Crippen LogP contribution in [0.15, 0.2) is 54.9 Å². The molecule has 1 heterocycles. The number of aromatic nitrogens is 2. The largest absolute Gasteiger partial charge is 0.497 e. The molecule has 0 aliphatic heterocycles. The van der Waals surface area contributed by atoms with Crippen LogP contribution in [-0.4, -0.2) is 17.1 Å². The van der Waals surface area contributed by atoms with Crippen molar-refractivity contribution in [3.63, 3.8) is 0 Å². The Hall–Kier alpha value is -3.08. The summed E-state index contributed by atoms with van der Waals surface area (Å²) in [7, 11) is 1.67. The number of nitrogens with one attached hydrogen (secondary N) is 2. The van der Waals surface area contributed by atoms with E-state index in [0.717, 1.165) is 28.6 Å². The van der Waals surface area contributed by atoms with Gasteiger partial charge in [0.15, 0.2) is 0 Å². The number of methoxy groups -OCH3 is 1. The first-order valence-corrected chi connectivity index (χ1v) is 8.17. The monoisotopic (exact) mass is 334 g/mol. The fraction of sp³-hybridized carbons (Fsp3) is 0.200. The molecule has 0 atom stereocenters. The minimum Gasteiger partial charge on any atom is -0.497 e. The predicted octanol–water partition coefficient (Wildman–Crippen LogP) is 4.46. The van der Waals surface area contributed by atoms with Gasteiger partial charge in [-0.3, -0.25) is 0 Å². The van der Waals surface area contributed by atoms with Gasteiger partial charge in [0.2, 0.25) is 0 Å². The van der Waals surface area contributed by atoms with Gasteiger partial charge in [0.1, 0.15) is 23.7 Å². The van der Waals surface area contributed by atoms with E-state index in [2.05, 4.69) is 52.6 Å². The molecule has 1 aromatic heterocycles. The lowest BCUT2D eigenvalue weighted by Crippen LogP contribution is -2.03. The van der Waals surface area contributed by atoms with Gasteiger partial charge in [-0.1, -0.05) is 24.3 Å². The van der Waals surface area contributed by atoms with E-state index in [1.165, 1.54) is 11.1 Å². The molecule has 0 aliphatic carbocycles. The number of nitrogens with zero attached hydrogens (tertiary/aromatic N) is 2. The first kappa shape index (κ1) is 16.8. The van der Waals surface area contributed by atoms with E-state index < -0.39 is 0 Å². The van der Waals surface area contributed by atoms with Gasteiger partial charge >= 0.3 is 0 Å². The number of anilines is 3. The molecule has 0 aliphatic rings. The van der Waals surface area contributed by atoms with Crippen LogP contribution in [0.3, 0.4) is 0 Å². The summed E-state index contributed by atoms with van der Waals surface area (Å²) < 4.78 is 5.17. The maximum atomic E-state index is 5.17. The number of rotatable bonds is 6. The zero-order valence-electron chi connectivity index (χ0n) is 14.7. The standard InChI is InChI=1S/C20H22N4O/c1-14-4-5-15(2)18(10-14)24-20-11-19(22-13-23-20)21-12-16-6-8-17(25-3)9-7-16/h4-11,13H,12H2,1-3H3,(H2,21,22,23,24). The van der Waals surface area contributed by atoms with E-state index in [-0.39, 0.29) is 0 Å². The molecule has 0 radical (unpaired) electrons. The Morgan fingerprint density at radius 2 is 1.68 bits per heavy atom. The van der Waals surface area contributed by atoms with Crippen molar-refractivity contribution in [1.29, 1.82) is 0 Å². The smallest absolute Gasteiger partial charge is 0.135 e. The van der Waals surface area contributed by atoms with Crippen LogP contribution in [0.4, 0.5) is 17.3 Å². The van der Waals surface area contributed by atoms with Gasteiger partial charge < -0.3 is 15.4 Å². The number of hydrogen-bond acceptors (Lipinski definition) is 5. The summed E-state index contributed by atoms with van der Waals surface area (Å²) in [5, 5.41) is 6.68. The van der Waals surface area contributed by atoms with Crippen LogP contribution in [0.2, 0.25) is 0 Å². The molecule has 0 saturated heterocycles. The SMILES string of the molecule is COc1ccc(CNc2cc(Nc3cc(C)ccc3C)ncn2)cc1. The highest BCUT2D eigenvalue weighted by molar-refractivity contribution is 5.63. The van der Waals surface area contributed by atoms with Crippen LogP contribution in [0.5, 0.6) is 5.75 Å². The minimum atomic E-state index is 0.684. The van der Waals surface area contributed by atoms with Crippen molar-refractivity contribution in [1.82, 2.24) is 9.97 Å². The van der Waals surface area contributed by atoms with Crippen LogP contribution >= 0.6 is 0 Å². The lowest BCUT2D eigenvalue weighted by Gasteiger charge is -2.11. The number of benzene rings is 2. The van der Waals surface area contributed by atoms with E-state index in [1.54, 1.807) is 13.4 Å². The van der Waals surface area contributed by atoms with Gasteiger partial charge in [-0.05, 0) is 48.7 Å². The second-order valence-corrected chi connectivity index (χ2v) is 5.93. The topological polar surface area (TPSA) is 59.1 Å². The zero-order chi connectivity index (χ0) is 17.6. The fourth-order valence-electron chi connectivity index (χ4n) is 2.47. The van der Waals surface area contributed by atoms with Crippen LogP contribution in [0.1, 0.15) is 16.7 Å². The quantitative estimate of drug-likeness (QED) is 0.697. The second kappa shape index (κ2) is 7.66.